The van der Waals surface area contributed by atoms with Crippen LogP contribution in [0.25, 0.3) is 0 Å². The van der Waals surface area contributed by atoms with Crippen molar-refractivity contribution in [2.45, 2.75) is 50.7 Å². The number of hydrogen-bond acceptors (Lipinski definition) is 4. The van der Waals surface area contributed by atoms with Gasteiger partial charge < -0.3 is 29.5 Å². The van der Waals surface area contributed by atoms with Crippen LogP contribution in [0.2, 0.25) is 0 Å². The Kier molecular flexibility index (Phi) is 8.86. The molecule has 0 spiro atoms. The Morgan fingerprint density at radius 3 is 1.57 bits per heavy atom. The molecule has 4 N–H and O–H groups in total. The molecule has 0 saturated carbocycles. The molecule has 3 rings (SSSR count). The van der Waals surface area contributed by atoms with E-state index in [9.17, 15) is 10.2 Å². The molecule has 0 radical (unpaired) electrons. The maximum absolute atomic E-state index is 10.3. The van der Waals surface area contributed by atoms with Crippen LogP contribution >= 0.6 is 0 Å². The van der Waals surface area contributed by atoms with Crippen LogP contribution in [0.5, 0.6) is 11.5 Å². The second-order valence-corrected chi connectivity index (χ2v) is 8.43. The zero-order chi connectivity index (χ0) is 19.6. The smallest absolute Gasteiger partial charge is 0.137 e. The number of likely N-dealkylation sites (tertiary alicyclic amines) is 2. The van der Waals surface area contributed by atoms with Crippen molar-refractivity contribution in [2.75, 3.05) is 52.5 Å². The lowest BCUT2D eigenvalue weighted by Gasteiger charge is -2.26. The summed E-state index contributed by atoms with van der Waals surface area (Å²) in [7, 11) is 0. The Labute approximate surface area is 169 Å². The van der Waals surface area contributed by atoms with Crippen molar-refractivity contribution in [3.63, 3.8) is 0 Å². The van der Waals surface area contributed by atoms with Gasteiger partial charge in [0.15, 0.2) is 0 Å². The molecule has 0 amide bonds. The highest BCUT2D eigenvalue weighted by molar-refractivity contribution is 5.32. The summed E-state index contributed by atoms with van der Waals surface area (Å²) in [5, 5.41) is 20.5. The topological polar surface area (TPSA) is 67.8 Å². The zero-order valence-corrected chi connectivity index (χ0v) is 17.1. The molecule has 0 aromatic heterocycles. The van der Waals surface area contributed by atoms with Gasteiger partial charge in [-0.2, -0.15) is 0 Å². The highest BCUT2D eigenvalue weighted by Crippen LogP contribution is 2.19. The molecule has 1 aromatic carbocycles. The van der Waals surface area contributed by atoms with Crippen LogP contribution in [-0.4, -0.2) is 74.9 Å². The largest absolute Gasteiger partial charge is 0.491 e. The molecule has 28 heavy (non-hydrogen) atoms. The second kappa shape index (κ2) is 11.6. The molecule has 6 heteroatoms. The fraction of sp³-hybridized carbons (Fsp3) is 0.727. The number of aliphatic hydroxyl groups is 2. The van der Waals surface area contributed by atoms with E-state index >= 15 is 0 Å². The minimum atomic E-state index is -0.452. The van der Waals surface area contributed by atoms with E-state index in [1.165, 1.54) is 48.3 Å². The lowest BCUT2D eigenvalue weighted by Crippen LogP contribution is -3.14. The van der Waals surface area contributed by atoms with E-state index < -0.39 is 12.2 Å². The van der Waals surface area contributed by atoms with Gasteiger partial charge in [0, 0.05) is 6.07 Å². The zero-order valence-electron chi connectivity index (χ0n) is 17.1. The third-order valence-electron chi connectivity index (χ3n) is 5.86. The maximum atomic E-state index is 10.3. The van der Waals surface area contributed by atoms with E-state index in [1.54, 1.807) is 0 Å². The van der Waals surface area contributed by atoms with E-state index in [4.69, 9.17) is 9.47 Å². The van der Waals surface area contributed by atoms with Crippen molar-refractivity contribution in [1.29, 1.82) is 0 Å². The van der Waals surface area contributed by atoms with Crippen molar-refractivity contribution in [3.8, 4) is 11.5 Å². The fourth-order valence-corrected chi connectivity index (χ4v) is 4.33. The van der Waals surface area contributed by atoms with Crippen LogP contribution in [0, 0.1) is 0 Å². The quantitative estimate of drug-likeness (QED) is 0.424. The summed E-state index contributed by atoms with van der Waals surface area (Å²) in [4.78, 5) is 2.95. The number of benzene rings is 1. The average molecular weight is 395 g/mol. The summed E-state index contributed by atoms with van der Waals surface area (Å²) >= 11 is 0. The standard InChI is InChI=1S/C22H36N2O4/c25-19(15-23-10-3-1-4-11-23)17-27-21-8-7-9-22(14-21)28-18-20(26)16-24-12-5-2-6-13-24/h7-9,14,19-20,25-26H,1-6,10-13,15-18H2/p+2/t19-,20-/m1/s1. The van der Waals surface area contributed by atoms with Gasteiger partial charge in [-0.1, -0.05) is 6.07 Å². The lowest BCUT2D eigenvalue weighted by atomic mass is 10.1. The Bertz CT molecular complexity index is 514. The van der Waals surface area contributed by atoms with Gasteiger partial charge in [0.1, 0.15) is 50.0 Å². The third-order valence-corrected chi connectivity index (χ3v) is 5.86. The summed E-state index contributed by atoms with van der Waals surface area (Å²) < 4.78 is 11.5. The molecular weight excluding hydrogens is 356 g/mol. The Balaban J connectivity index is 1.36. The molecule has 2 aliphatic rings. The molecule has 2 aliphatic heterocycles. The van der Waals surface area contributed by atoms with E-state index in [2.05, 4.69) is 0 Å². The molecule has 1 aromatic rings. The monoisotopic (exact) mass is 394 g/mol. The van der Waals surface area contributed by atoms with Gasteiger partial charge in [-0.25, -0.2) is 0 Å². The maximum Gasteiger partial charge on any atom is 0.137 e. The van der Waals surface area contributed by atoms with Crippen LogP contribution in [0.1, 0.15) is 38.5 Å². The second-order valence-electron chi connectivity index (χ2n) is 8.43. The fourth-order valence-electron chi connectivity index (χ4n) is 4.33. The van der Waals surface area contributed by atoms with Crippen molar-refractivity contribution in [1.82, 2.24) is 0 Å². The highest BCUT2D eigenvalue weighted by Gasteiger charge is 2.19. The molecular formula is C22H38N2O4+2. The summed E-state index contributed by atoms with van der Waals surface area (Å²) in [5.41, 5.74) is 0. The van der Waals surface area contributed by atoms with Gasteiger partial charge in [-0.3, -0.25) is 0 Å². The minimum Gasteiger partial charge on any atom is -0.491 e. The Morgan fingerprint density at radius 1 is 0.714 bits per heavy atom. The molecule has 158 valence electrons. The number of ether oxygens (including phenoxy) is 2. The van der Waals surface area contributed by atoms with Crippen LogP contribution in [0.3, 0.4) is 0 Å². The minimum absolute atomic E-state index is 0.300. The predicted octanol–water partition coefficient (Wildman–Crippen LogP) is -0.696. The molecule has 2 fully saturated rings. The van der Waals surface area contributed by atoms with Crippen molar-refractivity contribution in [2.24, 2.45) is 0 Å². The SMILES string of the molecule is O[C@@H](COc1cccc(OC[C@H](O)C[NH+]2CCCCC2)c1)C[NH+]1CCCCC1. The summed E-state index contributed by atoms with van der Waals surface area (Å²) in [6, 6.07) is 7.47. The van der Waals surface area contributed by atoms with Gasteiger partial charge in [0.2, 0.25) is 0 Å². The van der Waals surface area contributed by atoms with Gasteiger partial charge in [-0.05, 0) is 50.7 Å². The van der Waals surface area contributed by atoms with Crippen molar-refractivity contribution >= 4 is 0 Å². The van der Waals surface area contributed by atoms with Crippen LogP contribution in [0.4, 0.5) is 0 Å². The first-order valence-electron chi connectivity index (χ1n) is 11.1. The number of rotatable bonds is 10. The molecule has 2 heterocycles. The first kappa shape index (κ1) is 21.4. The van der Waals surface area contributed by atoms with Crippen LogP contribution in [-0.2, 0) is 0 Å². The van der Waals surface area contributed by atoms with E-state index in [0.29, 0.717) is 24.7 Å². The van der Waals surface area contributed by atoms with E-state index in [1.807, 2.05) is 24.3 Å². The highest BCUT2D eigenvalue weighted by atomic mass is 16.5. The molecule has 6 nitrogen and oxygen atoms in total. The number of piperidine rings is 2. The summed E-state index contributed by atoms with van der Waals surface area (Å²) in [6.07, 6.45) is 6.76. The molecule has 2 saturated heterocycles. The summed E-state index contributed by atoms with van der Waals surface area (Å²) in [6.45, 7) is 6.72. The van der Waals surface area contributed by atoms with E-state index in [-0.39, 0.29) is 0 Å². The average Bonchev–Trinajstić information content (AvgIpc) is 2.73. The Morgan fingerprint density at radius 2 is 1.14 bits per heavy atom. The third kappa shape index (κ3) is 7.59. The van der Waals surface area contributed by atoms with Crippen molar-refractivity contribution in [3.05, 3.63) is 24.3 Å². The normalized spacial score (nSPS) is 21.2. The van der Waals surface area contributed by atoms with Crippen LogP contribution in [0.15, 0.2) is 24.3 Å². The number of quaternary nitrogens is 2. The first-order chi connectivity index (χ1) is 13.7. The van der Waals surface area contributed by atoms with Crippen LogP contribution < -0.4 is 19.3 Å². The molecule has 0 bridgehead atoms. The molecule has 0 aliphatic carbocycles. The van der Waals surface area contributed by atoms with Crippen molar-refractivity contribution < 1.29 is 29.5 Å². The molecule has 0 unspecified atom stereocenters. The number of nitrogens with one attached hydrogen (secondary N) is 2. The summed E-state index contributed by atoms with van der Waals surface area (Å²) in [5.74, 6) is 1.39. The number of hydrogen-bond donors (Lipinski definition) is 4. The van der Waals surface area contributed by atoms with Gasteiger partial charge in [0.05, 0.1) is 26.2 Å². The van der Waals surface area contributed by atoms with E-state index in [0.717, 1.165) is 39.3 Å². The van der Waals surface area contributed by atoms with Gasteiger partial charge >= 0.3 is 0 Å². The van der Waals surface area contributed by atoms with Gasteiger partial charge in [0.25, 0.3) is 0 Å². The first-order valence-corrected chi connectivity index (χ1v) is 11.1. The lowest BCUT2D eigenvalue weighted by molar-refractivity contribution is -0.908. The Hall–Kier alpha value is -1.34. The molecule has 2 atom stereocenters. The number of aliphatic hydroxyl groups excluding tert-OH is 2. The predicted molar refractivity (Wildman–Crippen MR) is 108 cm³/mol. The van der Waals surface area contributed by atoms with Gasteiger partial charge in [-0.15, -0.1) is 0 Å².